The highest BCUT2D eigenvalue weighted by Crippen LogP contribution is 2.16. The molecular weight excluding hydrogens is 358 g/mol. The van der Waals surface area contributed by atoms with Crippen molar-refractivity contribution in [2.45, 2.75) is 25.8 Å². The number of methoxy groups -OCH3 is 1. The molecule has 1 heterocycles. The Hall–Kier alpha value is -2.60. The van der Waals surface area contributed by atoms with Crippen LogP contribution in [0.1, 0.15) is 28.8 Å². The molecule has 27 heavy (non-hydrogen) atoms. The van der Waals surface area contributed by atoms with E-state index in [1.54, 1.807) is 19.2 Å². The van der Waals surface area contributed by atoms with Gasteiger partial charge in [0, 0.05) is 30.4 Å². The molecule has 0 unspecified atom stereocenters. The number of amides is 1. The molecule has 2 N–H and O–H groups in total. The maximum Gasteiger partial charge on any atom is 0.251 e. The zero-order chi connectivity index (χ0) is 19.2. The molecule has 5 nitrogen and oxygen atoms in total. The first-order chi connectivity index (χ1) is 13.0. The standard InChI is InChI=1S/C21H25N3O2S/c1-15-5-3-7-18(13-15)23-21(27)24-11-9-17(10-12-24)22-20(25)16-6-4-8-19(14-16)26-2/h3-8,13-14,17H,9-12H2,1-2H3,(H,22,25)(H,23,27). The first kappa shape index (κ1) is 19.2. The second-order valence-electron chi connectivity index (χ2n) is 6.77. The van der Waals surface area contributed by atoms with E-state index < -0.39 is 0 Å². The van der Waals surface area contributed by atoms with E-state index in [0.29, 0.717) is 11.3 Å². The molecule has 1 fully saturated rings. The van der Waals surface area contributed by atoms with Crippen molar-refractivity contribution in [2.24, 2.45) is 0 Å². The molecule has 142 valence electrons. The minimum atomic E-state index is -0.0622. The van der Waals surface area contributed by atoms with Gasteiger partial charge in [-0.3, -0.25) is 4.79 Å². The highest BCUT2D eigenvalue weighted by atomic mass is 32.1. The fourth-order valence-electron chi connectivity index (χ4n) is 3.19. The second kappa shape index (κ2) is 8.86. The number of hydrogen-bond donors (Lipinski definition) is 2. The van der Waals surface area contributed by atoms with Crippen LogP contribution < -0.4 is 15.4 Å². The summed E-state index contributed by atoms with van der Waals surface area (Å²) in [6.07, 6.45) is 1.73. The van der Waals surface area contributed by atoms with E-state index in [1.165, 1.54) is 5.56 Å². The topological polar surface area (TPSA) is 53.6 Å². The summed E-state index contributed by atoms with van der Waals surface area (Å²) >= 11 is 5.54. The van der Waals surface area contributed by atoms with Crippen LogP contribution in [-0.4, -0.2) is 42.2 Å². The Kier molecular flexibility index (Phi) is 6.29. The number of piperidine rings is 1. The summed E-state index contributed by atoms with van der Waals surface area (Å²) in [7, 11) is 1.60. The van der Waals surface area contributed by atoms with Gasteiger partial charge in [0.1, 0.15) is 5.75 Å². The molecular formula is C21H25N3O2S. The fraction of sp³-hybridized carbons (Fsp3) is 0.333. The number of ether oxygens (including phenoxy) is 1. The lowest BCUT2D eigenvalue weighted by Gasteiger charge is -2.34. The number of nitrogens with zero attached hydrogens (tertiary/aromatic N) is 1. The lowest BCUT2D eigenvalue weighted by molar-refractivity contribution is 0.0922. The second-order valence-corrected chi connectivity index (χ2v) is 7.15. The molecule has 0 saturated carbocycles. The van der Waals surface area contributed by atoms with E-state index in [9.17, 15) is 4.79 Å². The number of likely N-dealkylation sites (tertiary alicyclic amines) is 1. The minimum absolute atomic E-state index is 0.0622. The van der Waals surface area contributed by atoms with Crippen molar-refractivity contribution in [3.63, 3.8) is 0 Å². The summed E-state index contributed by atoms with van der Waals surface area (Å²) in [5, 5.41) is 7.16. The summed E-state index contributed by atoms with van der Waals surface area (Å²) in [4.78, 5) is 14.6. The molecule has 1 saturated heterocycles. The van der Waals surface area contributed by atoms with Crippen molar-refractivity contribution < 1.29 is 9.53 Å². The average Bonchev–Trinajstić information content (AvgIpc) is 2.68. The van der Waals surface area contributed by atoms with Crippen LogP contribution in [0.4, 0.5) is 5.69 Å². The van der Waals surface area contributed by atoms with E-state index in [0.717, 1.165) is 36.7 Å². The molecule has 1 amide bonds. The monoisotopic (exact) mass is 383 g/mol. The molecule has 0 radical (unpaired) electrons. The smallest absolute Gasteiger partial charge is 0.251 e. The summed E-state index contributed by atoms with van der Waals surface area (Å²) in [5.41, 5.74) is 2.82. The largest absolute Gasteiger partial charge is 0.497 e. The zero-order valence-corrected chi connectivity index (χ0v) is 16.5. The third-order valence-corrected chi connectivity index (χ3v) is 5.08. The van der Waals surface area contributed by atoms with E-state index in [4.69, 9.17) is 17.0 Å². The maximum atomic E-state index is 12.5. The molecule has 0 atom stereocenters. The molecule has 0 aliphatic carbocycles. The quantitative estimate of drug-likeness (QED) is 0.790. The Labute approximate surface area is 165 Å². The van der Waals surface area contributed by atoms with E-state index >= 15 is 0 Å². The third-order valence-electron chi connectivity index (χ3n) is 4.72. The van der Waals surface area contributed by atoms with Crippen molar-refractivity contribution >= 4 is 28.9 Å². The zero-order valence-electron chi connectivity index (χ0n) is 15.7. The molecule has 1 aliphatic heterocycles. The highest BCUT2D eigenvalue weighted by Gasteiger charge is 2.22. The molecule has 2 aromatic carbocycles. The van der Waals surface area contributed by atoms with Gasteiger partial charge in [0.15, 0.2) is 5.11 Å². The van der Waals surface area contributed by atoms with E-state index in [1.807, 2.05) is 24.3 Å². The number of anilines is 1. The summed E-state index contributed by atoms with van der Waals surface area (Å²) in [6, 6.07) is 15.5. The van der Waals surface area contributed by atoms with Crippen molar-refractivity contribution in [2.75, 3.05) is 25.5 Å². The Balaban J connectivity index is 1.49. The number of hydrogen-bond acceptors (Lipinski definition) is 3. The van der Waals surface area contributed by atoms with Gasteiger partial charge in [0.05, 0.1) is 7.11 Å². The number of nitrogens with one attached hydrogen (secondary N) is 2. The van der Waals surface area contributed by atoms with Crippen molar-refractivity contribution in [1.82, 2.24) is 10.2 Å². The Morgan fingerprint density at radius 2 is 1.89 bits per heavy atom. The minimum Gasteiger partial charge on any atom is -0.497 e. The van der Waals surface area contributed by atoms with Gasteiger partial charge in [-0.1, -0.05) is 18.2 Å². The number of aryl methyl sites for hydroxylation is 1. The SMILES string of the molecule is COc1cccc(C(=O)NC2CCN(C(=S)Nc3cccc(C)c3)CC2)c1. The van der Waals surface area contributed by atoms with Gasteiger partial charge < -0.3 is 20.3 Å². The molecule has 0 bridgehead atoms. The van der Waals surface area contributed by atoms with Crippen LogP contribution in [0.15, 0.2) is 48.5 Å². The predicted octanol–water partition coefficient (Wildman–Crippen LogP) is 3.59. The molecule has 0 spiro atoms. The van der Waals surface area contributed by atoms with Crippen molar-refractivity contribution in [3.8, 4) is 5.75 Å². The molecule has 0 aromatic heterocycles. The van der Waals surface area contributed by atoms with Gasteiger partial charge >= 0.3 is 0 Å². The lowest BCUT2D eigenvalue weighted by atomic mass is 10.0. The van der Waals surface area contributed by atoms with Gasteiger partial charge in [0.2, 0.25) is 0 Å². The third kappa shape index (κ3) is 5.20. The van der Waals surface area contributed by atoms with Crippen LogP contribution >= 0.6 is 12.2 Å². The summed E-state index contributed by atoms with van der Waals surface area (Å²) in [5.74, 6) is 0.623. The van der Waals surface area contributed by atoms with Crippen LogP contribution in [0.5, 0.6) is 5.75 Å². The predicted molar refractivity (Wildman–Crippen MR) is 112 cm³/mol. The van der Waals surface area contributed by atoms with E-state index in [-0.39, 0.29) is 11.9 Å². The van der Waals surface area contributed by atoms with Crippen LogP contribution in [0, 0.1) is 6.92 Å². The van der Waals surface area contributed by atoms with Crippen molar-refractivity contribution in [3.05, 3.63) is 59.7 Å². The van der Waals surface area contributed by atoms with Crippen LogP contribution in [0.2, 0.25) is 0 Å². The lowest BCUT2D eigenvalue weighted by Crippen LogP contribution is -2.47. The Morgan fingerprint density at radius 3 is 2.59 bits per heavy atom. The van der Waals surface area contributed by atoms with Crippen molar-refractivity contribution in [1.29, 1.82) is 0 Å². The van der Waals surface area contributed by atoms with Gasteiger partial charge in [-0.05, 0) is 67.9 Å². The van der Waals surface area contributed by atoms with Gasteiger partial charge in [-0.2, -0.15) is 0 Å². The highest BCUT2D eigenvalue weighted by molar-refractivity contribution is 7.80. The number of rotatable bonds is 4. The molecule has 6 heteroatoms. The van der Waals surface area contributed by atoms with E-state index in [2.05, 4.69) is 34.6 Å². The average molecular weight is 384 g/mol. The van der Waals surface area contributed by atoms with Crippen LogP contribution in [0.25, 0.3) is 0 Å². The first-order valence-corrected chi connectivity index (χ1v) is 9.53. The van der Waals surface area contributed by atoms with Gasteiger partial charge in [0.25, 0.3) is 5.91 Å². The van der Waals surface area contributed by atoms with Crippen LogP contribution in [-0.2, 0) is 0 Å². The Bertz CT molecular complexity index is 817. The summed E-state index contributed by atoms with van der Waals surface area (Å²) in [6.45, 7) is 3.70. The Morgan fingerprint density at radius 1 is 1.15 bits per heavy atom. The molecule has 3 rings (SSSR count). The summed E-state index contributed by atoms with van der Waals surface area (Å²) < 4.78 is 5.18. The van der Waals surface area contributed by atoms with Gasteiger partial charge in [-0.25, -0.2) is 0 Å². The first-order valence-electron chi connectivity index (χ1n) is 9.12. The normalized spacial score (nSPS) is 14.5. The van der Waals surface area contributed by atoms with Crippen LogP contribution in [0.3, 0.4) is 0 Å². The molecule has 1 aliphatic rings. The number of thiocarbonyl (C=S) groups is 1. The number of benzene rings is 2. The number of carbonyl (C=O) groups is 1. The number of carbonyl (C=O) groups excluding carboxylic acids is 1. The van der Waals surface area contributed by atoms with Gasteiger partial charge in [-0.15, -0.1) is 0 Å². The maximum absolute atomic E-state index is 12.5. The molecule has 2 aromatic rings. The fourth-order valence-corrected chi connectivity index (χ4v) is 3.49.